The summed E-state index contributed by atoms with van der Waals surface area (Å²) in [6.45, 7) is 4.78. The third-order valence-electron chi connectivity index (χ3n) is 2.91. The van der Waals surface area contributed by atoms with Crippen LogP contribution >= 0.6 is 11.3 Å². The number of hydrogen-bond donors (Lipinski definition) is 1. The molecule has 0 spiro atoms. The van der Waals surface area contributed by atoms with E-state index in [1.165, 1.54) is 4.88 Å². The third kappa shape index (κ3) is 3.34. The highest BCUT2D eigenvalue weighted by Crippen LogP contribution is 2.22. The van der Waals surface area contributed by atoms with Gasteiger partial charge in [-0.05, 0) is 42.5 Å². The van der Waals surface area contributed by atoms with Crippen molar-refractivity contribution in [1.82, 2.24) is 0 Å². The van der Waals surface area contributed by atoms with Crippen molar-refractivity contribution in [3.8, 4) is 5.75 Å². The lowest BCUT2D eigenvalue weighted by Crippen LogP contribution is -2.06. The van der Waals surface area contributed by atoms with E-state index < -0.39 is 0 Å². The Hall–Kier alpha value is -1.32. The maximum Gasteiger partial charge on any atom is 0.122 e. The van der Waals surface area contributed by atoms with Crippen LogP contribution in [-0.2, 0) is 6.42 Å². The molecule has 0 radical (unpaired) electrons. The minimum atomic E-state index is 0.0730. The number of rotatable bonds is 5. The molecule has 0 aliphatic rings. The van der Waals surface area contributed by atoms with Gasteiger partial charge < -0.3 is 10.5 Å². The van der Waals surface area contributed by atoms with Gasteiger partial charge in [-0.1, -0.05) is 18.2 Å². The number of nitrogens with two attached hydrogens (primary N) is 1. The second kappa shape index (κ2) is 6.03. The van der Waals surface area contributed by atoms with Gasteiger partial charge in [0.25, 0.3) is 0 Å². The van der Waals surface area contributed by atoms with Gasteiger partial charge in [0.1, 0.15) is 5.75 Å². The number of thiophene rings is 1. The fraction of sp³-hybridized carbons (Fsp3) is 0.333. The molecule has 0 saturated carbocycles. The summed E-state index contributed by atoms with van der Waals surface area (Å²) in [4.78, 5) is 1.36. The first-order valence-corrected chi connectivity index (χ1v) is 7.06. The minimum Gasteiger partial charge on any atom is -0.493 e. The van der Waals surface area contributed by atoms with Crippen molar-refractivity contribution in [2.75, 3.05) is 6.61 Å². The molecule has 2 rings (SSSR count). The summed E-state index contributed by atoms with van der Waals surface area (Å²) in [6, 6.07) is 10.4. The fourth-order valence-corrected chi connectivity index (χ4v) is 2.52. The average molecular weight is 261 g/mol. The van der Waals surface area contributed by atoms with Crippen molar-refractivity contribution >= 4 is 11.3 Å². The highest BCUT2D eigenvalue weighted by Gasteiger charge is 2.04. The molecule has 0 fully saturated rings. The van der Waals surface area contributed by atoms with Gasteiger partial charge in [-0.2, -0.15) is 0 Å². The molecule has 96 valence electrons. The number of aryl methyl sites for hydroxylation is 1. The highest BCUT2D eigenvalue weighted by atomic mass is 32.1. The first-order chi connectivity index (χ1) is 8.66. The number of ether oxygens (including phenoxy) is 1. The second-order valence-corrected chi connectivity index (χ2v) is 5.52. The highest BCUT2D eigenvalue weighted by molar-refractivity contribution is 7.09. The zero-order chi connectivity index (χ0) is 13.0. The van der Waals surface area contributed by atoms with Crippen LogP contribution in [0.1, 0.15) is 29.0 Å². The summed E-state index contributed by atoms with van der Waals surface area (Å²) in [6.07, 6.45) is 0.964. The van der Waals surface area contributed by atoms with Crippen molar-refractivity contribution in [3.63, 3.8) is 0 Å². The Labute approximate surface area is 112 Å². The van der Waals surface area contributed by atoms with E-state index in [1.54, 1.807) is 11.3 Å². The van der Waals surface area contributed by atoms with Crippen molar-refractivity contribution in [3.05, 3.63) is 51.7 Å². The molecule has 1 aromatic heterocycles. The maximum absolute atomic E-state index is 5.86. The molecule has 0 unspecified atom stereocenters. The molecule has 18 heavy (non-hydrogen) atoms. The normalized spacial score (nSPS) is 12.4. The number of hydrogen-bond acceptors (Lipinski definition) is 3. The molecule has 1 atom stereocenters. The largest absolute Gasteiger partial charge is 0.493 e. The molecule has 0 bridgehead atoms. The van der Waals surface area contributed by atoms with E-state index in [1.807, 2.05) is 19.1 Å². The summed E-state index contributed by atoms with van der Waals surface area (Å²) in [5.41, 5.74) is 8.16. The van der Waals surface area contributed by atoms with E-state index in [0.717, 1.165) is 29.9 Å². The van der Waals surface area contributed by atoms with Crippen LogP contribution in [0.4, 0.5) is 0 Å². The van der Waals surface area contributed by atoms with Gasteiger partial charge in [0, 0.05) is 17.3 Å². The molecule has 0 aliphatic carbocycles. The Morgan fingerprint density at radius 1 is 1.33 bits per heavy atom. The van der Waals surface area contributed by atoms with Crippen molar-refractivity contribution in [2.24, 2.45) is 5.73 Å². The zero-order valence-corrected chi connectivity index (χ0v) is 11.7. The first kappa shape index (κ1) is 13.1. The minimum absolute atomic E-state index is 0.0730. The monoisotopic (exact) mass is 261 g/mol. The fourth-order valence-electron chi connectivity index (χ4n) is 1.83. The van der Waals surface area contributed by atoms with Gasteiger partial charge in [-0.3, -0.25) is 0 Å². The van der Waals surface area contributed by atoms with E-state index in [0.29, 0.717) is 0 Å². The SMILES string of the molecule is Cc1cc([C@H](C)N)ccc1OCCc1cccs1. The lowest BCUT2D eigenvalue weighted by atomic mass is 10.1. The predicted molar refractivity (Wildman–Crippen MR) is 77.3 cm³/mol. The molecule has 0 aliphatic heterocycles. The number of benzene rings is 1. The van der Waals surface area contributed by atoms with Gasteiger partial charge in [0.15, 0.2) is 0 Å². The zero-order valence-electron chi connectivity index (χ0n) is 10.8. The average Bonchev–Trinajstić information content (AvgIpc) is 2.84. The van der Waals surface area contributed by atoms with E-state index in [-0.39, 0.29) is 6.04 Å². The lowest BCUT2D eigenvalue weighted by Gasteiger charge is -2.12. The molecular formula is C15H19NOS. The Kier molecular flexibility index (Phi) is 4.39. The smallest absolute Gasteiger partial charge is 0.122 e. The van der Waals surface area contributed by atoms with Crippen LogP contribution in [0.2, 0.25) is 0 Å². The van der Waals surface area contributed by atoms with Crippen LogP contribution in [0.15, 0.2) is 35.7 Å². The lowest BCUT2D eigenvalue weighted by molar-refractivity contribution is 0.320. The van der Waals surface area contributed by atoms with Crippen molar-refractivity contribution in [1.29, 1.82) is 0 Å². The molecular weight excluding hydrogens is 242 g/mol. The van der Waals surface area contributed by atoms with Crippen LogP contribution in [0.3, 0.4) is 0 Å². The summed E-state index contributed by atoms with van der Waals surface area (Å²) in [5, 5.41) is 2.10. The van der Waals surface area contributed by atoms with E-state index in [9.17, 15) is 0 Å². The van der Waals surface area contributed by atoms with Gasteiger partial charge in [0.2, 0.25) is 0 Å². The van der Waals surface area contributed by atoms with Crippen LogP contribution in [0.25, 0.3) is 0 Å². The van der Waals surface area contributed by atoms with Gasteiger partial charge in [-0.15, -0.1) is 11.3 Å². The third-order valence-corrected chi connectivity index (χ3v) is 3.85. The standard InChI is InChI=1S/C15H19NOS/c1-11-10-13(12(2)16)5-6-15(11)17-8-7-14-4-3-9-18-14/h3-6,9-10,12H,7-8,16H2,1-2H3/t12-/m0/s1. The molecule has 2 N–H and O–H groups in total. The Bertz CT molecular complexity index is 491. The Morgan fingerprint density at radius 2 is 2.17 bits per heavy atom. The van der Waals surface area contributed by atoms with E-state index in [2.05, 4.69) is 30.5 Å². The van der Waals surface area contributed by atoms with Gasteiger partial charge in [0.05, 0.1) is 6.61 Å². The van der Waals surface area contributed by atoms with Crippen LogP contribution in [0.5, 0.6) is 5.75 Å². The first-order valence-electron chi connectivity index (χ1n) is 6.18. The molecule has 0 amide bonds. The summed E-state index contributed by atoms with van der Waals surface area (Å²) >= 11 is 1.77. The molecule has 1 aromatic carbocycles. The summed E-state index contributed by atoms with van der Waals surface area (Å²) in [7, 11) is 0. The van der Waals surface area contributed by atoms with Crippen molar-refractivity contribution < 1.29 is 4.74 Å². The Balaban J connectivity index is 1.93. The van der Waals surface area contributed by atoms with E-state index >= 15 is 0 Å². The summed E-state index contributed by atoms with van der Waals surface area (Å²) < 4.78 is 5.81. The predicted octanol–water partition coefficient (Wildman–Crippen LogP) is 3.70. The summed E-state index contributed by atoms with van der Waals surface area (Å²) in [5.74, 6) is 0.955. The molecule has 3 heteroatoms. The topological polar surface area (TPSA) is 35.2 Å². The van der Waals surface area contributed by atoms with Crippen LogP contribution < -0.4 is 10.5 Å². The molecule has 2 aromatic rings. The van der Waals surface area contributed by atoms with Gasteiger partial charge in [-0.25, -0.2) is 0 Å². The molecule has 2 nitrogen and oxygen atoms in total. The molecule has 0 saturated heterocycles. The van der Waals surface area contributed by atoms with Crippen LogP contribution in [0, 0.1) is 6.92 Å². The quantitative estimate of drug-likeness (QED) is 0.890. The Morgan fingerprint density at radius 3 is 2.78 bits per heavy atom. The second-order valence-electron chi connectivity index (χ2n) is 4.49. The van der Waals surface area contributed by atoms with Crippen molar-refractivity contribution in [2.45, 2.75) is 26.3 Å². The van der Waals surface area contributed by atoms with Crippen LogP contribution in [-0.4, -0.2) is 6.61 Å². The maximum atomic E-state index is 5.86. The van der Waals surface area contributed by atoms with Gasteiger partial charge >= 0.3 is 0 Å². The van der Waals surface area contributed by atoms with E-state index in [4.69, 9.17) is 10.5 Å². The molecule has 1 heterocycles.